The highest BCUT2D eigenvalue weighted by Gasteiger charge is 1.98. The van der Waals surface area contributed by atoms with Crippen LogP contribution in [-0.2, 0) is 6.42 Å². The summed E-state index contributed by atoms with van der Waals surface area (Å²) < 4.78 is 0. The number of aromatic hydroxyl groups is 1. The van der Waals surface area contributed by atoms with Gasteiger partial charge in [-0.3, -0.25) is 0 Å². The summed E-state index contributed by atoms with van der Waals surface area (Å²) in [4.78, 5) is 0. The molecule has 2 nitrogen and oxygen atoms in total. The van der Waals surface area contributed by atoms with Gasteiger partial charge in [0.05, 0.1) is 0 Å². The van der Waals surface area contributed by atoms with Crippen LogP contribution in [0.15, 0.2) is 24.3 Å². The molecule has 0 aliphatic carbocycles. The van der Waals surface area contributed by atoms with Crippen LogP contribution in [0, 0.1) is 0 Å². The van der Waals surface area contributed by atoms with Gasteiger partial charge in [0, 0.05) is 6.61 Å². The molecule has 0 bridgehead atoms. The minimum Gasteiger partial charge on any atom is -0.508 e. The molecule has 20 heavy (non-hydrogen) atoms. The van der Waals surface area contributed by atoms with E-state index in [1.165, 1.54) is 44.9 Å². The van der Waals surface area contributed by atoms with Crippen molar-refractivity contribution in [2.75, 3.05) is 6.61 Å². The van der Waals surface area contributed by atoms with E-state index in [9.17, 15) is 5.11 Å². The Balaban J connectivity index is 0.000000796. The van der Waals surface area contributed by atoms with Gasteiger partial charge in [0.2, 0.25) is 0 Å². The van der Waals surface area contributed by atoms with E-state index in [1.807, 2.05) is 25.1 Å². The number of aliphatic hydroxyl groups excluding tert-OH is 1. The summed E-state index contributed by atoms with van der Waals surface area (Å²) in [7, 11) is 0. The highest BCUT2D eigenvalue weighted by Crippen LogP contribution is 2.18. The third-order valence-electron chi connectivity index (χ3n) is 3.26. The molecular weight excluding hydrogens is 248 g/mol. The lowest BCUT2D eigenvalue weighted by molar-refractivity contribution is 0.295. The van der Waals surface area contributed by atoms with Crippen LogP contribution < -0.4 is 0 Å². The maximum atomic E-state index is 9.58. The van der Waals surface area contributed by atoms with Gasteiger partial charge in [0.1, 0.15) is 5.75 Å². The first-order valence-electron chi connectivity index (χ1n) is 8.13. The van der Waals surface area contributed by atoms with E-state index in [1.54, 1.807) is 6.07 Å². The maximum absolute atomic E-state index is 9.58. The van der Waals surface area contributed by atoms with Crippen LogP contribution >= 0.6 is 0 Å². The van der Waals surface area contributed by atoms with Crippen molar-refractivity contribution in [2.45, 2.75) is 71.6 Å². The molecule has 0 heterocycles. The summed E-state index contributed by atoms with van der Waals surface area (Å²) in [5, 5.41) is 17.5. The normalized spacial score (nSPS) is 9.95. The molecule has 0 unspecified atom stereocenters. The van der Waals surface area contributed by atoms with Gasteiger partial charge in [-0.2, -0.15) is 0 Å². The molecule has 0 amide bonds. The number of phenolic OH excluding ortho intramolecular Hbond substituents is 1. The van der Waals surface area contributed by atoms with Crippen molar-refractivity contribution in [1.82, 2.24) is 0 Å². The monoisotopic (exact) mass is 280 g/mol. The fraction of sp³-hybridized carbons (Fsp3) is 0.667. The number of phenols is 1. The lowest BCUT2D eigenvalue weighted by atomic mass is 10.0. The van der Waals surface area contributed by atoms with E-state index in [0.29, 0.717) is 12.4 Å². The molecule has 0 radical (unpaired) electrons. The third kappa shape index (κ3) is 10.9. The summed E-state index contributed by atoms with van der Waals surface area (Å²) in [6.07, 6.45) is 11.2. The molecule has 2 N–H and O–H groups in total. The van der Waals surface area contributed by atoms with Gasteiger partial charge in [-0.25, -0.2) is 0 Å². The van der Waals surface area contributed by atoms with Crippen molar-refractivity contribution in [1.29, 1.82) is 0 Å². The molecular formula is C18H32O2. The highest BCUT2D eigenvalue weighted by molar-refractivity contribution is 5.31. The van der Waals surface area contributed by atoms with E-state index in [4.69, 9.17) is 5.11 Å². The quantitative estimate of drug-likeness (QED) is 0.620. The Morgan fingerprint density at radius 1 is 0.800 bits per heavy atom. The molecule has 1 aromatic rings. The van der Waals surface area contributed by atoms with Crippen LogP contribution in [-0.4, -0.2) is 16.8 Å². The fourth-order valence-corrected chi connectivity index (χ4v) is 1.99. The van der Waals surface area contributed by atoms with Crippen molar-refractivity contribution in [3.63, 3.8) is 0 Å². The lowest BCUT2D eigenvalue weighted by Gasteiger charge is -2.04. The molecule has 116 valence electrons. The Morgan fingerprint density at radius 3 is 1.90 bits per heavy atom. The summed E-state index contributed by atoms with van der Waals surface area (Å²) in [6, 6.07) is 7.67. The fourth-order valence-electron chi connectivity index (χ4n) is 1.99. The second kappa shape index (κ2) is 14.4. The highest BCUT2D eigenvalue weighted by atomic mass is 16.3. The second-order valence-electron chi connectivity index (χ2n) is 5.22. The number of para-hydroxylation sites is 1. The number of hydrogen-bond acceptors (Lipinski definition) is 2. The largest absolute Gasteiger partial charge is 0.508 e. The Kier molecular flexibility index (Phi) is 13.7. The Labute approximate surface area is 124 Å². The van der Waals surface area contributed by atoms with Crippen LogP contribution in [0.2, 0.25) is 0 Å². The first-order chi connectivity index (χ1) is 9.76. The topological polar surface area (TPSA) is 40.5 Å². The van der Waals surface area contributed by atoms with Gasteiger partial charge in [0.15, 0.2) is 0 Å². The summed E-state index contributed by atoms with van der Waals surface area (Å²) in [5.41, 5.74) is 1.09. The number of benzene rings is 1. The molecule has 0 aliphatic rings. The van der Waals surface area contributed by atoms with Gasteiger partial charge in [-0.05, 0) is 30.9 Å². The van der Waals surface area contributed by atoms with Crippen LogP contribution in [0.25, 0.3) is 0 Å². The first kappa shape index (κ1) is 19.0. The molecule has 0 saturated heterocycles. The molecule has 0 atom stereocenters. The average molecular weight is 280 g/mol. The summed E-state index contributed by atoms with van der Waals surface area (Å²) in [6.45, 7) is 4.50. The van der Waals surface area contributed by atoms with E-state index in [2.05, 4.69) is 6.92 Å². The van der Waals surface area contributed by atoms with Crippen molar-refractivity contribution >= 4 is 0 Å². The molecule has 0 spiro atoms. The SMILES string of the molecule is CCCCCCCCCc1ccccc1O.CCCO. The van der Waals surface area contributed by atoms with Crippen molar-refractivity contribution in [2.24, 2.45) is 0 Å². The average Bonchev–Trinajstić information content (AvgIpc) is 2.48. The molecule has 1 aromatic carbocycles. The minimum atomic E-state index is 0.319. The van der Waals surface area contributed by atoms with Crippen molar-refractivity contribution in [3.05, 3.63) is 29.8 Å². The van der Waals surface area contributed by atoms with Gasteiger partial charge in [-0.15, -0.1) is 0 Å². The van der Waals surface area contributed by atoms with Crippen LogP contribution in [0.5, 0.6) is 5.75 Å². The standard InChI is InChI=1S/C15H24O.C3H8O/c1-2-3-4-5-6-7-8-11-14-12-9-10-13-15(14)16;1-2-3-4/h9-10,12-13,16H,2-8,11H2,1H3;4H,2-3H2,1H3. The molecule has 0 saturated carbocycles. The third-order valence-corrected chi connectivity index (χ3v) is 3.26. The number of aryl methyl sites for hydroxylation is 1. The zero-order valence-corrected chi connectivity index (χ0v) is 13.3. The number of rotatable bonds is 9. The predicted molar refractivity (Wildman–Crippen MR) is 87.2 cm³/mol. The molecule has 0 aromatic heterocycles. The molecule has 0 fully saturated rings. The van der Waals surface area contributed by atoms with Gasteiger partial charge in [0.25, 0.3) is 0 Å². The van der Waals surface area contributed by atoms with Crippen molar-refractivity contribution < 1.29 is 10.2 Å². The van der Waals surface area contributed by atoms with Crippen molar-refractivity contribution in [3.8, 4) is 5.75 Å². The Morgan fingerprint density at radius 2 is 1.35 bits per heavy atom. The zero-order chi connectivity index (χ0) is 15.1. The van der Waals surface area contributed by atoms with E-state index >= 15 is 0 Å². The minimum absolute atomic E-state index is 0.319. The predicted octanol–water partition coefficient (Wildman–Crippen LogP) is 5.07. The van der Waals surface area contributed by atoms with Crippen LogP contribution in [0.1, 0.15) is 70.8 Å². The first-order valence-corrected chi connectivity index (χ1v) is 8.13. The number of hydrogen-bond donors (Lipinski definition) is 2. The van der Waals surface area contributed by atoms with E-state index < -0.39 is 0 Å². The number of unbranched alkanes of at least 4 members (excludes halogenated alkanes) is 6. The molecule has 2 heteroatoms. The Hall–Kier alpha value is -1.02. The summed E-state index contributed by atoms with van der Waals surface area (Å²) in [5.74, 6) is 0.452. The molecule has 1 rings (SSSR count). The number of aliphatic hydroxyl groups is 1. The maximum Gasteiger partial charge on any atom is 0.118 e. The summed E-state index contributed by atoms with van der Waals surface area (Å²) >= 11 is 0. The van der Waals surface area contributed by atoms with E-state index in [0.717, 1.165) is 18.4 Å². The van der Waals surface area contributed by atoms with E-state index in [-0.39, 0.29) is 0 Å². The Bertz CT molecular complexity index is 308. The van der Waals surface area contributed by atoms with Gasteiger partial charge >= 0.3 is 0 Å². The van der Waals surface area contributed by atoms with Gasteiger partial charge in [-0.1, -0.05) is 70.6 Å². The smallest absolute Gasteiger partial charge is 0.118 e. The van der Waals surface area contributed by atoms with Crippen LogP contribution in [0.3, 0.4) is 0 Å². The second-order valence-corrected chi connectivity index (χ2v) is 5.22. The van der Waals surface area contributed by atoms with Gasteiger partial charge < -0.3 is 10.2 Å². The molecule has 0 aliphatic heterocycles. The lowest BCUT2D eigenvalue weighted by Crippen LogP contribution is -1.87. The van der Waals surface area contributed by atoms with Crippen LogP contribution in [0.4, 0.5) is 0 Å². The zero-order valence-electron chi connectivity index (χ0n) is 13.3.